The summed E-state index contributed by atoms with van der Waals surface area (Å²) in [5, 5.41) is 1.78. The SMILES string of the molecule is Cc1nc(SCC(=O)OCC(=O)N2CCOCC2)c2c(C)c(C)sc2n1. The van der Waals surface area contributed by atoms with Crippen molar-refractivity contribution in [2.75, 3.05) is 38.7 Å². The molecule has 1 fully saturated rings. The summed E-state index contributed by atoms with van der Waals surface area (Å²) >= 11 is 2.95. The highest BCUT2D eigenvalue weighted by atomic mass is 32.2. The number of hydrogen-bond donors (Lipinski definition) is 0. The van der Waals surface area contributed by atoms with Gasteiger partial charge < -0.3 is 14.4 Å². The number of carbonyl (C=O) groups is 2. The summed E-state index contributed by atoms with van der Waals surface area (Å²) in [6, 6.07) is 0. The number of nitrogens with zero attached hydrogens (tertiary/aromatic N) is 3. The molecule has 0 atom stereocenters. The molecule has 1 aliphatic heterocycles. The van der Waals surface area contributed by atoms with Crippen molar-refractivity contribution in [3.63, 3.8) is 0 Å². The number of thiophene rings is 1. The first kappa shape index (κ1) is 19.1. The van der Waals surface area contributed by atoms with Gasteiger partial charge in [-0.05, 0) is 26.3 Å². The van der Waals surface area contributed by atoms with Crippen molar-refractivity contribution in [1.29, 1.82) is 0 Å². The van der Waals surface area contributed by atoms with E-state index in [-0.39, 0.29) is 18.3 Å². The van der Waals surface area contributed by atoms with Crippen LogP contribution >= 0.6 is 23.1 Å². The number of rotatable bonds is 5. The van der Waals surface area contributed by atoms with Gasteiger partial charge in [0.25, 0.3) is 5.91 Å². The van der Waals surface area contributed by atoms with Crippen LogP contribution in [-0.2, 0) is 19.1 Å². The molecule has 0 spiro atoms. The molecule has 140 valence electrons. The number of thioether (sulfide) groups is 1. The first-order valence-electron chi connectivity index (χ1n) is 8.34. The fourth-order valence-corrected chi connectivity index (χ4v) is 4.70. The number of amides is 1. The Bertz CT molecular complexity index is 831. The highest BCUT2D eigenvalue weighted by Crippen LogP contribution is 2.35. The van der Waals surface area contributed by atoms with E-state index in [0.717, 1.165) is 20.8 Å². The summed E-state index contributed by atoms with van der Waals surface area (Å²) in [5.41, 5.74) is 1.14. The molecule has 26 heavy (non-hydrogen) atoms. The Labute approximate surface area is 160 Å². The van der Waals surface area contributed by atoms with Gasteiger partial charge in [-0.25, -0.2) is 9.97 Å². The number of fused-ring (bicyclic) bond motifs is 1. The number of aromatic nitrogens is 2. The molecule has 0 saturated carbocycles. The Kier molecular flexibility index (Phi) is 6.10. The van der Waals surface area contributed by atoms with Crippen molar-refractivity contribution >= 4 is 45.2 Å². The molecule has 0 bridgehead atoms. The zero-order valence-corrected chi connectivity index (χ0v) is 16.7. The molecule has 0 N–H and O–H groups in total. The minimum Gasteiger partial charge on any atom is -0.455 e. The summed E-state index contributed by atoms with van der Waals surface area (Å²) in [6.45, 7) is 7.84. The molecular formula is C17H21N3O4S2. The fraction of sp³-hybridized carbons (Fsp3) is 0.529. The number of carbonyl (C=O) groups excluding carboxylic acids is 2. The van der Waals surface area contributed by atoms with Gasteiger partial charge in [-0.15, -0.1) is 11.3 Å². The lowest BCUT2D eigenvalue weighted by Gasteiger charge is -2.26. The number of aryl methyl sites for hydroxylation is 3. The van der Waals surface area contributed by atoms with Gasteiger partial charge in [-0.3, -0.25) is 9.59 Å². The molecule has 1 saturated heterocycles. The topological polar surface area (TPSA) is 81.6 Å². The van der Waals surface area contributed by atoms with Crippen LogP contribution < -0.4 is 0 Å². The van der Waals surface area contributed by atoms with Crippen LogP contribution in [0.15, 0.2) is 5.03 Å². The van der Waals surface area contributed by atoms with E-state index >= 15 is 0 Å². The zero-order valence-electron chi connectivity index (χ0n) is 15.0. The van der Waals surface area contributed by atoms with Gasteiger partial charge in [-0.1, -0.05) is 11.8 Å². The van der Waals surface area contributed by atoms with E-state index in [1.807, 2.05) is 13.8 Å². The van der Waals surface area contributed by atoms with Crippen molar-refractivity contribution in [3.8, 4) is 0 Å². The van der Waals surface area contributed by atoms with Gasteiger partial charge in [-0.2, -0.15) is 0 Å². The molecule has 0 unspecified atom stereocenters. The van der Waals surface area contributed by atoms with E-state index in [4.69, 9.17) is 9.47 Å². The predicted octanol–water partition coefficient (Wildman–Crippen LogP) is 2.11. The van der Waals surface area contributed by atoms with Crippen molar-refractivity contribution in [2.24, 2.45) is 0 Å². The summed E-state index contributed by atoms with van der Waals surface area (Å²) in [5.74, 6) is 0.176. The highest BCUT2D eigenvalue weighted by Gasteiger charge is 2.19. The zero-order chi connectivity index (χ0) is 18.7. The third-order valence-corrected chi connectivity index (χ3v) is 6.20. The quantitative estimate of drug-likeness (QED) is 0.436. The highest BCUT2D eigenvalue weighted by molar-refractivity contribution is 8.00. The number of ether oxygens (including phenoxy) is 2. The second kappa shape index (κ2) is 8.32. The Morgan fingerprint density at radius 3 is 2.69 bits per heavy atom. The molecule has 1 amide bonds. The standard InChI is InChI=1S/C17H21N3O4S2/c1-10-11(2)26-17-15(10)16(18-12(3)19-17)25-9-14(22)24-8-13(21)20-4-6-23-7-5-20/h4-9H2,1-3H3. The molecule has 0 radical (unpaired) electrons. The van der Waals surface area contributed by atoms with Crippen LogP contribution in [0, 0.1) is 20.8 Å². The maximum absolute atomic E-state index is 12.0. The molecule has 1 aliphatic rings. The molecule has 9 heteroatoms. The van der Waals surface area contributed by atoms with E-state index < -0.39 is 5.97 Å². The smallest absolute Gasteiger partial charge is 0.316 e. The first-order valence-corrected chi connectivity index (χ1v) is 10.1. The maximum atomic E-state index is 12.0. The number of hydrogen-bond acceptors (Lipinski definition) is 8. The molecule has 2 aromatic heterocycles. The summed E-state index contributed by atoms with van der Waals surface area (Å²) in [6.07, 6.45) is 0. The Balaban J connectivity index is 1.58. The van der Waals surface area contributed by atoms with Crippen LogP contribution in [0.3, 0.4) is 0 Å². The summed E-state index contributed by atoms with van der Waals surface area (Å²) in [7, 11) is 0. The van der Waals surface area contributed by atoms with Crippen LogP contribution in [0.5, 0.6) is 0 Å². The second-order valence-corrected chi connectivity index (χ2v) is 8.15. The normalized spacial score (nSPS) is 14.7. The van der Waals surface area contributed by atoms with Crippen molar-refractivity contribution in [3.05, 3.63) is 16.3 Å². The van der Waals surface area contributed by atoms with E-state index in [0.29, 0.717) is 32.1 Å². The van der Waals surface area contributed by atoms with E-state index in [1.54, 1.807) is 16.2 Å². The molecule has 2 aromatic rings. The molecule has 7 nitrogen and oxygen atoms in total. The van der Waals surface area contributed by atoms with Gasteiger partial charge in [0.1, 0.15) is 15.7 Å². The third-order valence-electron chi connectivity index (χ3n) is 4.15. The Hall–Kier alpha value is -1.71. The first-order chi connectivity index (χ1) is 12.5. The van der Waals surface area contributed by atoms with Gasteiger partial charge in [0.2, 0.25) is 0 Å². The molecule has 0 aliphatic carbocycles. The van der Waals surface area contributed by atoms with Crippen LogP contribution in [0.25, 0.3) is 10.2 Å². The van der Waals surface area contributed by atoms with Gasteiger partial charge in [0.15, 0.2) is 6.61 Å². The van der Waals surface area contributed by atoms with E-state index in [1.165, 1.54) is 16.6 Å². The monoisotopic (exact) mass is 395 g/mol. The molecule has 3 heterocycles. The van der Waals surface area contributed by atoms with Crippen LogP contribution in [0.2, 0.25) is 0 Å². The molecular weight excluding hydrogens is 374 g/mol. The number of esters is 1. The largest absolute Gasteiger partial charge is 0.455 e. The molecule has 0 aromatic carbocycles. The lowest BCUT2D eigenvalue weighted by atomic mass is 10.2. The summed E-state index contributed by atoms with van der Waals surface area (Å²) in [4.78, 5) is 36.8. The van der Waals surface area contributed by atoms with E-state index in [9.17, 15) is 9.59 Å². The van der Waals surface area contributed by atoms with Crippen molar-refractivity contribution in [1.82, 2.24) is 14.9 Å². The average molecular weight is 396 g/mol. The minimum absolute atomic E-state index is 0.107. The van der Waals surface area contributed by atoms with Crippen LogP contribution in [0.4, 0.5) is 0 Å². The Morgan fingerprint density at radius 1 is 1.23 bits per heavy atom. The van der Waals surface area contributed by atoms with Crippen LogP contribution in [0.1, 0.15) is 16.3 Å². The minimum atomic E-state index is -0.425. The Morgan fingerprint density at radius 2 is 1.96 bits per heavy atom. The van der Waals surface area contributed by atoms with Gasteiger partial charge in [0.05, 0.1) is 19.0 Å². The van der Waals surface area contributed by atoms with Crippen LogP contribution in [-0.4, -0.2) is 65.4 Å². The van der Waals surface area contributed by atoms with Crippen molar-refractivity contribution in [2.45, 2.75) is 25.8 Å². The van der Waals surface area contributed by atoms with E-state index in [2.05, 4.69) is 16.9 Å². The lowest BCUT2D eigenvalue weighted by Crippen LogP contribution is -2.42. The summed E-state index contributed by atoms with van der Waals surface area (Å²) < 4.78 is 10.3. The third kappa shape index (κ3) is 4.33. The van der Waals surface area contributed by atoms with Gasteiger partial charge in [0, 0.05) is 23.4 Å². The fourth-order valence-electron chi connectivity index (χ4n) is 2.63. The predicted molar refractivity (Wildman–Crippen MR) is 101 cm³/mol. The van der Waals surface area contributed by atoms with Gasteiger partial charge >= 0.3 is 5.97 Å². The number of morpholine rings is 1. The van der Waals surface area contributed by atoms with Crippen molar-refractivity contribution < 1.29 is 19.1 Å². The maximum Gasteiger partial charge on any atom is 0.316 e. The average Bonchev–Trinajstić information content (AvgIpc) is 2.92. The second-order valence-electron chi connectivity index (χ2n) is 5.98. The molecule has 3 rings (SSSR count). The lowest BCUT2D eigenvalue weighted by molar-refractivity contribution is -0.151.